The van der Waals surface area contributed by atoms with Gasteiger partial charge in [0.2, 0.25) is 0 Å². The topological polar surface area (TPSA) is 155 Å². The Labute approximate surface area is 154 Å². The Hall–Kier alpha value is -2.47. The predicted molar refractivity (Wildman–Crippen MR) is 91.6 cm³/mol. The highest BCUT2D eigenvalue weighted by atomic mass is 35.5. The molecule has 0 amide bonds. The molecule has 0 spiro atoms. The Morgan fingerprint density at radius 1 is 0.692 bits per heavy atom. The third-order valence-corrected chi connectivity index (χ3v) is 6.66. The van der Waals surface area contributed by atoms with Crippen molar-refractivity contribution in [3.05, 3.63) is 59.7 Å². The quantitative estimate of drug-likeness (QED) is 0.627. The van der Waals surface area contributed by atoms with Gasteiger partial charge in [-0.3, -0.25) is 0 Å². The highest BCUT2D eigenvalue weighted by molar-refractivity contribution is 8.04. The van der Waals surface area contributed by atoms with Crippen molar-refractivity contribution >= 4 is 44.4 Å². The molecule has 12 heteroatoms. The number of halogens is 1. The van der Waals surface area contributed by atoms with E-state index >= 15 is 0 Å². The van der Waals surface area contributed by atoms with Crippen LogP contribution in [-0.2, 0) is 20.0 Å². The van der Waals surface area contributed by atoms with Gasteiger partial charge >= 0.3 is 11.9 Å². The van der Waals surface area contributed by atoms with E-state index in [-0.39, 0.29) is 12.4 Å². The molecule has 0 saturated heterocycles. The zero-order valence-electron chi connectivity index (χ0n) is 12.7. The standard InChI is InChI=1S/C14H11NO8S2.ClH/c16-13(17)9-5-1-3-7-11(9)24(20,21)15-25(22,23)12-8-4-2-6-10(12)14(18)19;/h1-8,15H,(H,16,17)(H,18,19);1H. The van der Waals surface area contributed by atoms with Gasteiger partial charge in [-0.1, -0.05) is 24.3 Å². The zero-order chi connectivity index (χ0) is 18.8. The van der Waals surface area contributed by atoms with E-state index in [0.717, 1.165) is 24.3 Å². The van der Waals surface area contributed by atoms with Gasteiger partial charge < -0.3 is 10.2 Å². The van der Waals surface area contributed by atoms with Crippen molar-refractivity contribution in [2.24, 2.45) is 0 Å². The number of carboxylic acid groups (broad SMARTS) is 2. The van der Waals surface area contributed by atoms with Gasteiger partial charge in [-0.25, -0.2) is 26.4 Å². The van der Waals surface area contributed by atoms with E-state index in [2.05, 4.69) is 0 Å². The summed E-state index contributed by atoms with van der Waals surface area (Å²) < 4.78 is 50.7. The van der Waals surface area contributed by atoms with Crippen LogP contribution in [0.5, 0.6) is 0 Å². The van der Waals surface area contributed by atoms with Crippen molar-refractivity contribution in [2.75, 3.05) is 0 Å². The predicted octanol–water partition coefficient (Wildman–Crippen LogP) is 1.17. The molecule has 140 valence electrons. The summed E-state index contributed by atoms with van der Waals surface area (Å²) in [4.78, 5) is 20.7. The summed E-state index contributed by atoms with van der Waals surface area (Å²) in [6.07, 6.45) is 0. The number of benzene rings is 2. The SMILES string of the molecule is Cl.O=C(O)c1ccccc1S(=O)(=O)NS(=O)(=O)c1ccccc1C(=O)O. The highest BCUT2D eigenvalue weighted by Gasteiger charge is 2.30. The third kappa shape index (κ3) is 4.38. The first kappa shape index (κ1) is 21.6. The maximum atomic E-state index is 12.3. The van der Waals surface area contributed by atoms with Crippen LogP contribution in [-0.4, -0.2) is 39.0 Å². The molecule has 0 saturated carbocycles. The molecule has 0 atom stereocenters. The molecule has 2 rings (SSSR count). The maximum absolute atomic E-state index is 12.3. The Morgan fingerprint density at radius 3 is 1.31 bits per heavy atom. The van der Waals surface area contributed by atoms with Crippen molar-refractivity contribution in [2.45, 2.75) is 9.79 Å². The van der Waals surface area contributed by atoms with E-state index in [1.165, 1.54) is 28.4 Å². The molecule has 2 aromatic carbocycles. The van der Waals surface area contributed by atoms with Gasteiger partial charge in [-0.15, -0.1) is 16.5 Å². The lowest BCUT2D eigenvalue weighted by Crippen LogP contribution is -2.32. The minimum atomic E-state index is -4.80. The highest BCUT2D eigenvalue weighted by Crippen LogP contribution is 2.20. The van der Waals surface area contributed by atoms with Crippen LogP contribution in [0.2, 0.25) is 0 Å². The van der Waals surface area contributed by atoms with E-state index in [1.54, 1.807) is 0 Å². The lowest BCUT2D eigenvalue weighted by atomic mass is 10.2. The molecule has 0 unspecified atom stereocenters. The average molecular weight is 422 g/mol. The summed E-state index contributed by atoms with van der Waals surface area (Å²) in [5.74, 6) is -3.13. The average Bonchev–Trinajstić information content (AvgIpc) is 2.54. The van der Waals surface area contributed by atoms with Crippen LogP contribution in [0, 0.1) is 0 Å². The fourth-order valence-electron chi connectivity index (χ4n) is 1.99. The fraction of sp³-hybridized carbons (Fsp3) is 0. The van der Waals surface area contributed by atoms with E-state index < -0.39 is 52.9 Å². The van der Waals surface area contributed by atoms with Crippen molar-refractivity contribution < 1.29 is 36.6 Å². The van der Waals surface area contributed by atoms with Gasteiger partial charge in [-0.2, -0.15) is 0 Å². The van der Waals surface area contributed by atoms with E-state index in [9.17, 15) is 26.4 Å². The second-order valence-corrected chi connectivity index (χ2v) is 8.25. The van der Waals surface area contributed by atoms with Crippen LogP contribution in [0.3, 0.4) is 0 Å². The Kier molecular flexibility index (Phi) is 6.49. The molecule has 0 radical (unpaired) electrons. The summed E-state index contributed by atoms with van der Waals surface area (Å²) in [7, 11) is -9.59. The molecule has 26 heavy (non-hydrogen) atoms. The van der Waals surface area contributed by atoms with Crippen LogP contribution in [0.25, 0.3) is 0 Å². The van der Waals surface area contributed by atoms with Crippen LogP contribution in [0.1, 0.15) is 20.7 Å². The number of carbonyl (C=O) groups is 2. The molecule has 0 aliphatic rings. The lowest BCUT2D eigenvalue weighted by Gasteiger charge is -2.11. The number of carboxylic acids is 2. The molecule has 3 N–H and O–H groups in total. The smallest absolute Gasteiger partial charge is 0.337 e. The Balaban J connectivity index is 0.00000338. The van der Waals surface area contributed by atoms with Gasteiger partial charge in [0, 0.05) is 0 Å². The molecule has 9 nitrogen and oxygen atoms in total. The van der Waals surface area contributed by atoms with Crippen molar-refractivity contribution in [3.63, 3.8) is 0 Å². The molecule has 2 aromatic rings. The second-order valence-electron chi connectivity index (χ2n) is 4.69. The second kappa shape index (κ2) is 7.83. The molecule has 0 heterocycles. The van der Waals surface area contributed by atoms with E-state index in [0.29, 0.717) is 0 Å². The number of hydrogen-bond donors (Lipinski definition) is 3. The van der Waals surface area contributed by atoms with Crippen LogP contribution >= 0.6 is 12.4 Å². The first-order valence-corrected chi connectivity index (χ1v) is 9.46. The molecule has 0 bridgehead atoms. The summed E-state index contributed by atoms with van der Waals surface area (Å²) in [5.41, 5.74) is -1.26. The largest absolute Gasteiger partial charge is 0.478 e. The van der Waals surface area contributed by atoms with Gasteiger partial charge in [0.05, 0.1) is 20.9 Å². The van der Waals surface area contributed by atoms with Crippen molar-refractivity contribution in [1.82, 2.24) is 4.13 Å². The first-order valence-electron chi connectivity index (χ1n) is 6.49. The number of rotatable bonds is 6. The minimum Gasteiger partial charge on any atom is -0.478 e. The maximum Gasteiger partial charge on any atom is 0.337 e. The summed E-state index contributed by atoms with van der Waals surface area (Å²) >= 11 is 0. The summed E-state index contributed by atoms with van der Waals surface area (Å²) in [5, 5.41) is 18.1. The molecular formula is C14H12ClNO8S2. The van der Waals surface area contributed by atoms with Crippen LogP contribution < -0.4 is 4.13 Å². The fourth-order valence-corrected chi connectivity index (χ4v) is 5.27. The van der Waals surface area contributed by atoms with Crippen molar-refractivity contribution in [3.8, 4) is 0 Å². The molecule has 0 aromatic heterocycles. The minimum absolute atomic E-state index is 0. The first-order chi connectivity index (χ1) is 11.6. The van der Waals surface area contributed by atoms with Gasteiger partial charge in [-0.05, 0) is 24.3 Å². The van der Waals surface area contributed by atoms with Gasteiger partial charge in [0.15, 0.2) is 0 Å². The lowest BCUT2D eigenvalue weighted by molar-refractivity contribution is 0.0682. The molecular weight excluding hydrogens is 410 g/mol. The molecule has 0 aliphatic carbocycles. The van der Waals surface area contributed by atoms with E-state index in [4.69, 9.17) is 10.2 Å². The van der Waals surface area contributed by atoms with Gasteiger partial charge in [0.25, 0.3) is 20.0 Å². The number of hydrogen-bond acceptors (Lipinski definition) is 6. The monoisotopic (exact) mass is 421 g/mol. The van der Waals surface area contributed by atoms with Crippen molar-refractivity contribution in [1.29, 1.82) is 0 Å². The Bertz CT molecular complexity index is 978. The van der Waals surface area contributed by atoms with Crippen LogP contribution in [0.15, 0.2) is 58.3 Å². The van der Waals surface area contributed by atoms with E-state index in [1.807, 2.05) is 0 Å². The number of aromatic carboxylic acids is 2. The Morgan fingerprint density at radius 2 is 1.00 bits per heavy atom. The van der Waals surface area contributed by atoms with Crippen LogP contribution in [0.4, 0.5) is 0 Å². The third-order valence-electron chi connectivity index (χ3n) is 3.03. The molecule has 0 aliphatic heterocycles. The normalized spacial score (nSPS) is 11.4. The molecule has 0 fully saturated rings. The number of nitrogens with one attached hydrogen (secondary N) is 1. The summed E-state index contributed by atoms with van der Waals surface area (Å²) in [6, 6.07) is 8.82. The number of sulfonamides is 2. The van der Waals surface area contributed by atoms with Gasteiger partial charge in [0.1, 0.15) is 0 Å². The summed E-state index contributed by atoms with van der Waals surface area (Å²) in [6.45, 7) is 0. The zero-order valence-corrected chi connectivity index (χ0v) is 15.1.